The highest BCUT2D eigenvalue weighted by Gasteiger charge is 2.26. The van der Waals surface area contributed by atoms with Crippen LogP contribution in [-0.4, -0.2) is 28.8 Å². The molecule has 0 aliphatic carbocycles. The molecule has 1 aromatic heterocycles. The predicted octanol–water partition coefficient (Wildman–Crippen LogP) is 3.78. The molecule has 3 rings (SSSR count). The summed E-state index contributed by atoms with van der Waals surface area (Å²) in [6.07, 6.45) is 0.335. The maximum Gasteiger partial charge on any atom is 0.231 e. The Morgan fingerprint density at radius 3 is 2.84 bits per heavy atom. The van der Waals surface area contributed by atoms with Gasteiger partial charge in [-0.05, 0) is 31.9 Å². The fraction of sp³-hybridized carbons (Fsp3) is 0.474. The zero-order chi connectivity index (χ0) is 18.1. The second kappa shape index (κ2) is 7.08. The summed E-state index contributed by atoms with van der Waals surface area (Å²) in [5.74, 6) is 1.14. The highest BCUT2D eigenvalue weighted by atomic mass is 35.5. The highest BCUT2D eigenvalue weighted by molar-refractivity contribution is 6.32. The highest BCUT2D eigenvalue weighted by Crippen LogP contribution is 2.38. The number of halogens is 1. The number of fused-ring (bicyclic) bond motifs is 1. The van der Waals surface area contributed by atoms with Crippen molar-refractivity contribution in [2.45, 2.75) is 40.7 Å². The van der Waals surface area contributed by atoms with Gasteiger partial charge in [-0.3, -0.25) is 9.48 Å². The molecule has 0 fully saturated rings. The lowest BCUT2D eigenvalue weighted by atomic mass is 10.1. The smallest absolute Gasteiger partial charge is 0.231 e. The lowest BCUT2D eigenvalue weighted by Gasteiger charge is -2.30. The fourth-order valence-corrected chi connectivity index (χ4v) is 3.46. The summed E-state index contributed by atoms with van der Waals surface area (Å²) in [7, 11) is 0. The van der Waals surface area contributed by atoms with Crippen molar-refractivity contribution in [1.82, 2.24) is 9.78 Å². The number of ether oxygens (including phenoxy) is 1. The predicted molar refractivity (Wildman–Crippen MR) is 99.5 cm³/mol. The van der Waals surface area contributed by atoms with Crippen LogP contribution in [0.2, 0.25) is 5.02 Å². The van der Waals surface area contributed by atoms with E-state index in [4.69, 9.17) is 16.3 Å². The number of para-hydroxylation sites is 1. The van der Waals surface area contributed by atoms with E-state index in [9.17, 15) is 4.79 Å². The second-order valence-electron chi connectivity index (χ2n) is 6.88. The van der Waals surface area contributed by atoms with Gasteiger partial charge in [0.1, 0.15) is 6.61 Å². The molecule has 1 aliphatic heterocycles. The molecule has 25 heavy (non-hydrogen) atoms. The number of benzene rings is 1. The Kier molecular flexibility index (Phi) is 5.04. The number of carbonyl (C=O) groups is 1. The quantitative estimate of drug-likeness (QED) is 0.832. The molecule has 0 radical (unpaired) electrons. The van der Waals surface area contributed by atoms with Crippen molar-refractivity contribution in [2.24, 2.45) is 5.92 Å². The molecule has 134 valence electrons. The standard InChI is InChI=1S/C19H24ClN3O2/c1-12(2)11-23-14(4)15(13(3)21-23)10-18(24)22-8-9-25-19-16(20)6-5-7-17(19)22/h5-7,12H,8-11H2,1-4H3. The molecular formula is C19H24ClN3O2. The van der Waals surface area contributed by atoms with E-state index in [2.05, 4.69) is 18.9 Å². The zero-order valence-corrected chi connectivity index (χ0v) is 15.9. The number of hydrogen-bond donors (Lipinski definition) is 0. The Bertz CT molecular complexity index is 798. The van der Waals surface area contributed by atoms with Gasteiger partial charge in [-0.15, -0.1) is 0 Å². The third-order valence-corrected chi connectivity index (χ3v) is 4.79. The largest absolute Gasteiger partial charge is 0.488 e. The first-order valence-electron chi connectivity index (χ1n) is 8.63. The van der Waals surface area contributed by atoms with Gasteiger partial charge >= 0.3 is 0 Å². The van der Waals surface area contributed by atoms with Gasteiger partial charge in [-0.1, -0.05) is 31.5 Å². The number of rotatable bonds is 4. The molecular weight excluding hydrogens is 338 g/mol. The summed E-state index contributed by atoms with van der Waals surface area (Å²) in [6.45, 7) is 10.2. The van der Waals surface area contributed by atoms with Crippen LogP contribution in [0.5, 0.6) is 5.75 Å². The van der Waals surface area contributed by atoms with E-state index in [1.807, 2.05) is 30.7 Å². The number of amides is 1. The van der Waals surface area contributed by atoms with Crippen molar-refractivity contribution in [3.05, 3.63) is 40.2 Å². The Morgan fingerprint density at radius 1 is 1.36 bits per heavy atom. The Labute approximate surface area is 153 Å². The van der Waals surface area contributed by atoms with E-state index in [-0.39, 0.29) is 5.91 Å². The average Bonchev–Trinajstić information content (AvgIpc) is 2.81. The third kappa shape index (κ3) is 3.52. The molecule has 0 spiro atoms. The van der Waals surface area contributed by atoms with Crippen LogP contribution >= 0.6 is 11.6 Å². The minimum Gasteiger partial charge on any atom is -0.488 e. The number of aryl methyl sites for hydroxylation is 1. The van der Waals surface area contributed by atoms with Crippen molar-refractivity contribution in [3.63, 3.8) is 0 Å². The first-order valence-corrected chi connectivity index (χ1v) is 9.00. The SMILES string of the molecule is Cc1nn(CC(C)C)c(C)c1CC(=O)N1CCOc2c(Cl)cccc21. The molecule has 2 heterocycles. The summed E-state index contributed by atoms with van der Waals surface area (Å²) >= 11 is 6.20. The van der Waals surface area contributed by atoms with Crippen molar-refractivity contribution in [3.8, 4) is 5.75 Å². The van der Waals surface area contributed by atoms with Crippen LogP contribution < -0.4 is 9.64 Å². The normalized spacial score (nSPS) is 13.8. The Balaban J connectivity index is 1.85. The van der Waals surface area contributed by atoms with Crippen molar-refractivity contribution < 1.29 is 9.53 Å². The minimum atomic E-state index is 0.0436. The number of anilines is 1. The van der Waals surface area contributed by atoms with Crippen LogP contribution in [0, 0.1) is 19.8 Å². The van der Waals surface area contributed by atoms with Gasteiger partial charge in [0.25, 0.3) is 0 Å². The first-order chi connectivity index (χ1) is 11.9. The van der Waals surface area contributed by atoms with Gasteiger partial charge in [-0.2, -0.15) is 5.10 Å². The summed E-state index contributed by atoms with van der Waals surface area (Å²) < 4.78 is 7.64. The molecule has 0 saturated heterocycles. The molecule has 2 aromatic rings. The molecule has 0 unspecified atom stereocenters. The fourth-order valence-electron chi connectivity index (χ4n) is 3.23. The molecule has 0 bridgehead atoms. The van der Waals surface area contributed by atoms with Crippen LogP contribution in [0.15, 0.2) is 18.2 Å². The van der Waals surface area contributed by atoms with Gasteiger partial charge in [0.2, 0.25) is 5.91 Å². The molecule has 1 aliphatic rings. The monoisotopic (exact) mass is 361 g/mol. The second-order valence-corrected chi connectivity index (χ2v) is 7.29. The molecule has 0 saturated carbocycles. The molecule has 0 N–H and O–H groups in total. The maximum absolute atomic E-state index is 13.0. The average molecular weight is 362 g/mol. The Morgan fingerprint density at radius 2 is 2.12 bits per heavy atom. The van der Waals surface area contributed by atoms with Crippen LogP contribution in [0.1, 0.15) is 30.8 Å². The van der Waals surface area contributed by atoms with Crippen LogP contribution in [0.25, 0.3) is 0 Å². The Hall–Kier alpha value is -2.01. The van der Waals surface area contributed by atoms with Crippen LogP contribution in [0.4, 0.5) is 5.69 Å². The van der Waals surface area contributed by atoms with Crippen LogP contribution in [-0.2, 0) is 17.8 Å². The van der Waals surface area contributed by atoms with Gasteiger partial charge in [-0.25, -0.2) is 0 Å². The maximum atomic E-state index is 13.0. The van der Waals surface area contributed by atoms with Gasteiger partial charge in [0.05, 0.1) is 29.4 Å². The van der Waals surface area contributed by atoms with Crippen molar-refractivity contribution >= 4 is 23.2 Å². The van der Waals surface area contributed by atoms with E-state index in [1.165, 1.54) is 0 Å². The minimum absolute atomic E-state index is 0.0436. The molecule has 1 aromatic carbocycles. The van der Waals surface area contributed by atoms with E-state index in [0.29, 0.717) is 36.3 Å². The third-order valence-electron chi connectivity index (χ3n) is 4.50. The van der Waals surface area contributed by atoms with Crippen molar-refractivity contribution in [2.75, 3.05) is 18.1 Å². The van der Waals surface area contributed by atoms with Crippen LogP contribution in [0.3, 0.4) is 0 Å². The molecule has 1 amide bonds. The number of hydrogen-bond acceptors (Lipinski definition) is 3. The lowest BCUT2D eigenvalue weighted by Crippen LogP contribution is -2.39. The summed E-state index contributed by atoms with van der Waals surface area (Å²) in [5, 5.41) is 5.14. The summed E-state index contributed by atoms with van der Waals surface area (Å²) in [6, 6.07) is 5.49. The van der Waals surface area contributed by atoms with E-state index in [1.54, 1.807) is 11.0 Å². The van der Waals surface area contributed by atoms with E-state index < -0.39 is 0 Å². The number of nitrogens with zero attached hydrogens (tertiary/aromatic N) is 3. The lowest BCUT2D eigenvalue weighted by molar-refractivity contribution is -0.118. The zero-order valence-electron chi connectivity index (χ0n) is 15.2. The molecule has 5 nitrogen and oxygen atoms in total. The molecule has 6 heteroatoms. The van der Waals surface area contributed by atoms with E-state index >= 15 is 0 Å². The summed E-state index contributed by atoms with van der Waals surface area (Å²) in [5.41, 5.74) is 3.75. The first kappa shape index (κ1) is 17.8. The van der Waals surface area contributed by atoms with E-state index in [0.717, 1.165) is 29.2 Å². The molecule has 0 atom stereocenters. The van der Waals surface area contributed by atoms with Crippen molar-refractivity contribution in [1.29, 1.82) is 0 Å². The topological polar surface area (TPSA) is 47.4 Å². The number of aromatic nitrogens is 2. The van der Waals surface area contributed by atoms with Gasteiger partial charge in [0, 0.05) is 17.8 Å². The van der Waals surface area contributed by atoms with Gasteiger partial charge in [0.15, 0.2) is 5.75 Å². The summed E-state index contributed by atoms with van der Waals surface area (Å²) in [4.78, 5) is 14.7. The van der Waals surface area contributed by atoms with Gasteiger partial charge < -0.3 is 9.64 Å². The number of carbonyl (C=O) groups excluding carboxylic acids is 1.